The summed E-state index contributed by atoms with van der Waals surface area (Å²) in [4.78, 5) is 0. The molecule has 0 saturated heterocycles. The summed E-state index contributed by atoms with van der Waals surface area (Å²) in [5.41, 5.74) is 4.65. The highest BCUT2D eigenvalue weighted by Crippen LogP contribution is 2.43. The summed E-state index contributed by atoms with van der Waals surface area (Å²) >= 11 is 24.7. The summed E-state index contributed by atoms with van der Waals surface area (Å²) in [6.45, 7) is 0. The maximum absolute atomic E-state index is 6.18. The lowest BCUT2D eigenvalue weighted by molar-refractivity contribution is 0.694. The van der Waals surface area contributed by atoms with Gasteiger partial charge in [-0.2, -0.15) is 0 Å². The van der Waals surface area contributed by atoms with Crippen molar-refractivity contribution in [2.75, 3.05) is 0 Å². The van der Waals surface area contributed by atoms with Gasteiger partial charge in [-0.3, -0.25) is 0 Å². The molecule has 0 unspecified atom stereocenters. The predicted molar refractivity (Wildman–Crippen MR) is 129 cm³/mol. The molecule has 150 valence electrons. The van der Waals surface area contributed by atoms with Crippen LogP contribution in [-0.4, -0.2) is 0 Å². The third-order valence-corrected chi connectivity index (χ3v) is 6.26. The Kier molecular flexibility index (Phi) is 6.71. The zero-order valence-electron chi connectivity index (χ0n) is 15.9. The molecule has 4 rings (SSSR count). The minimum Gasteiger partial charge on any atom is -0.0843 e. The summed E-state index contributed by atoms with van der Waals surface area (Å²) < 4.78 is 0. The SMILES string of the molecule is Clc1ccc(C(c2ccc(Cl)cc2)C(c2ccc(Cl)cc2)c2ccc(Cl)cc2)cc1. The molecular weight excluding hydrogens is 454 g/mol. The number of hydrogen-bond acceptors (Lipinski definition) is 0. The molecule has 0 aromatic heterocycles. The van der Waals surface area contributed by atoms with Gasteiger partial charge in [0.25, 0.3) is 0 Å². The summed E-state index contributed by atoms with van der Waals surface area (Å²) in [5.74, 6) is 0.0868. The first-order chi connectivity index (χ1) is 14.5. The Hall–Kier alpha value is -1.96. The van der Waals surface area contributed by atoms with Gasteiger partial charge in [0.1, 0.15) is 0 Å². The molecule has 0 fully saturated rings. The fourth-order valence-electron chi connectivity index (χ4n) is 3.84. The van der Waals surface area contributed by atoms with E-state index in [1.165, 1.54) is 0 Å². The van der Waals surface area contributed by atoms with Gasteiger partial charge in [-0.05, 0) is 70.8 Å². The molecule has 0 aliphatic carbocycles. The van der Waals surface area contributed by atoms with Crippen LogP contribution in [0, 0.1) is 0 Å². The fraction of sp³-hybridized carbons (Fsp3) is 0.0769. The van der Waals surface area contributed by atoms with E-state index in [-0.39, 0.29) is 11.8 Å². The van der Waals surface area contributed by atoms with E-state index in [1.54, 1.807) is 0 Å². The molecule has 0 nitrogen and oxygen atoms in total. The van der Waals surface area contributed by atoms with Gasteiger partial charge in [0.15, 0.2) is 0 Å². The van der Waals surface area contributed by atoms with Crippen molar-refractivity contribution in [2.24, 2.45) is 0 Å². The normalized spacial score (nSPS) is 11.3. The second-order valence-corrected chi connectivity index (χ2v) is 8.91. The molecule has 0 heterocycles. The minimum absolute atomic E-state index is 0.0434. The minimum atomic E-state index is 0.0434. The van der Waals surface area contributed by atoms with Crippen molar-refractivity contribution in [3.63, 3.8) is 0 Å². The van der Waals surface area contributed by atoms with Crippen LogP contribution in [0.25, 0.3) is 0 Å². The molecule has 0 N–H and O–H groups in total. The van der Waals surface area contributed by atoms with Crippen LogP contribution in [-0.2, 0) is 0 Å². The van der Waals surface area contributed by atoms with Crippen LogP contribution < -0.4 is 0 Å². The Morgan fingerprint density at radius 2 is 0.467 bits per heavy atom. The maximum atomic E-state index is 6.18. The summed E-state index contributed by atoms with van der Waals surface area (Å²) in [5, 5.41) is 2.84. The highest BCUT2D eigenvalue weighted by Gasteiger charge is 2.28. The largest absolute Gasteiger partial charge is 0.0843 e. The third kappa shape index (κ3) is 4.85. The van der Waals surface area contributed by atoms with E-state index in [4.69, 9.17) is 46.4 Å². The highest BCUT2D eigenvalue weighted by molar-refractivity contribution is 6.31. The van der Waals surface area contributed by atoms with Gasteiger partial charge in [0.05, 0.1) is 0 Å². The first kappa shape index (κ1) is 21.3. The van der Waals surface area contributed by atoms with E-state index in [0.717, 1.165) is 22.3 Å². The second kappa shape index (κ2) is 9.45. The standard InChI is InChI=1S/C26H18Cl4/c27-21-9-1-17(2-10-21)25(18-3-11-22(28)12-4-18)26(19-5-13-23(29)14-6-19)20-7-15-24(30)16-8-20/h1-16,25-26H. The molecule has 30 heavy (non-hydrogen) atoms. The van der Waals surface area contributed by atoms with E-state index in [0.29, 0.717) is 20.1 Å². The molecule has 4 aromatic rings. The Morgan fingerprint density at radius 1 is 0.300 bits per heavy atom. The molecule has 0 radical (unpaired) electrons. The first-order valence-electron chi connectivity index (χ1n) is 9.53. The van der Waals surface area contributed by atoms with Crippen LogP contribution in [0.4, 0.5) is 0 Å². The smallest absolute Gasteiger partial charge is 0.0406 e. The first-order valence-corrected chi connectivity index (χ1v) is 11.0. The van der Waals surface area contributed by atoms with Crippen molar-refractivity contribution >= 4 is 46.4 Å². The van der Waals surface area contributed by atoms with Gasteiger partial charge in [-0.25, -0.2) is 0 Å². The van der Waals surface area contributed by atoms with Gasteiger partial charge >= 0.3 is 0 Å². The summed E-state index contributed by atoms with van der Waals surface area (Å²) in [6, 6.07) is 32.1. The molecule has 0 spiro atoms. The Morgan fingerprint density at radius 3 is 0.633 bits per heavy atom. The van der Waals surface area contributed by atoms with E-state index in [9.17, 15) is 0 Å². The van der Waals surface area contributed by atoms with Crippen molar-refractivity contribution in [2.45, 2.75) is 11.8 Å². The van der Waals surface area contributed by atoms with Gasteiger partial charge in [-0.15, -0.1) is 0 Å². The van der Waals surface area contributed by atoms with Gasteiger partial charge in [0, 0.05) is 31.9 Å². The van der Waals surface area contributed by atoms with E-state index in [1.807, 2.05) is 48.5 Å². The van der Waals surface area contributed by atoms with Crippen LogP contribution in [0.1, 0.15) is 34.1 Å². The number of benzene rings is 4. The lowest BCUT2D eigenvalue weighted by Gasteiger charge is -2.29. The van der Waals surface area contributed by atoms with Gasteiger partial charge in [0.2, 0.25) is 0 Å². The summed E-state index contributed by atoms with van der Waals surface area (Å²) in [6.07, 6.45) is 0. The van der Waals surface area contributed by atoms with Gasteiger partial charge in [-0.1, -0.05) is 94.9 Å². The number of rotatable bonds is 5. The maximum Gasteiger partial charge on any atom is 0.0406 e. The van der Waals surface area contributed by atoms with Crippen molar-refractivity contribution in [1.29, 1.82) is 0 Å². The summed E-state index contributed by atoms with van der Waals surface area (Å²) in [7, 11) is 0. The predicted octanol–water partition coefficient (Wildman–Crippen LogP) is 9.26. The van der Waals surface area contributed by atoms with Crippen molar-refractivity contribution in [3.05, 3.63) is 139 Å². The van der Waals surface area contributed by atoms with E-state index >= 15 is 0 Å². The fourth-order valence-corrected chi connectivity index (χ4v) is 4.34. The third-order valence-electron chi connectivity index (χ3n) is 5.25. The number of hydrogen-bond donors (Lipinski definition) is 0. The van der Waals surface area contributed by atoms with E-state index in [2.05, 4.69) is 48.5 Å². The average molecular weight is 472 g/mol. The second-order valence-electron chi connectivity index (χ2n) is 7.16. The van der Waals surface area contributed by atoms with Crippen LogP contribution in [0.3, 0.4) is 0 Å². The average Bonchev–Trinajstić information content (AvgIpc) is 2.75. The zero-order valence-corrected chi connectivity index (χ0v) is 18.9. The molecule has 0 amide bonds. The van der Waals surface area contributed by atoms with Crippen molar-refractivity contribution in [1.82, 2.24) is 0 Å². The van der Waals surface area contributed by atoms with Crippen molar-refractivity contribution < 1.29 is 0 Å². The van der Waals surface area contributed by atoms with Gasteiger partial charge < -0.3 is 0 Å². The van der Waals surface area contributed by atoms with Crippen molar-refractivity contribution in [3.8, 4) is 0 Å². The molecular formula is C26H18Cl4. The molecule has 0 aliphatic heterocycles. The molecule has 4 heteroatoms. The Balaban J connectivity index is 1.93. The van der Waals surface area contributed by atoms with Crippen LogP contribution in [0.2, 0.25) is 20.1 Å². The lowest BCUT2D eigenvalue weighted by atomic mass is 9.74. The monoisotopic (exact) mass is 470 g/mol. The lowest BCUT2D eigenvalue weighted by Crippen LogP contribution is -2.14. The molecule has 0 aliphatic rings. The zero-order chi connectivity index (χ0) is 21.1. The quantitative estimate of drug-likeness (QED) is 0.272. The Bertz CT molecular complexity index is 916. The highest BCUT2D eigenvalue weighted by atomic mass is 35.5. The van der Waals surface area contributed by atoms with Crippen LogP contribution in [0.15, 0.2) is 97.1 Å². The molecule has 0 bridgehead atoms. The number of halogens is 4. The molecule has 4 aromatic carbocycles. The topological polar surface area (TPSA) is 0 Å². The Labute approximate surface area is 197 Å². The molecule has 0 atom stereocenters. The molecule has 0 saturated carbocycles. The van der Waals surface area contributed by atoms with Crippen LogP contribution >= 0.6 is 46.4 Å². The van der Waals surface area contributed by atoms with Crippen LogP contribution in [0.5, 0.6) is 0 Å². The van der Waals surface area contributed by atoms with E-state index < -0.39 is 0 Å².